The van der Waals surface area contributed by atoms with E-state index in [0.29, 0.717) is 5.56 Å². The molecule has 0 saturated carbocycles. The van der Waals surface area contributed by atoms with Crippen molar-refractivity contribution >= 4 is 36.5 Å². The van der Waals surface area contributed by atoms with E-state index in [9.17, 15) is 24.3 Å². The number of ether oxygens (including phenoxy) is 2. The van der Waals surface area contributed by atoms with Crippen molar-refractivity contribution in [1.82, 2.24) is 15.5 Å². The first-order chi connectivity index (χ1) is 16.8. The number of aliphatic hydroxyl groups excluding tert-OH is 1. The molecule has 0 aliphatic rings. The number of benzene rings is 1. The van der Waals surface area contributed by atoms with Crippen molar-refractivity contribution in [2.75, 3.05) is 32.1 Å². The number of alkyl carbamates (subject to hydrolysis) is 1. The molecule has 0 saturated heterocycles. The Morgan fingerprint density at radius 2 is 1.81 bits per heavy atom. The van der Waals surface area contributed by atoms with Crippen LogP contribution in [-0.2, 0) is 23.9 Å². The highest BCUT2D eigenvalue weighted by atomic mass is 32.1. The molecular formula is C25H39N3O7S. The summed E-state index contributed by atoms with van der Waals surface area (Å²) in [6.07, 6.45) is -0.840. The summed E-state index contributed by atoms with van der Waals surface area (Å²) < 4.78 is 10.1. The summed E-state index contributed by atoms with van der Waals surface area (Å²) in [6, 6.07) is 3.11. The summed E-state index contributed by atoms with van der Waals surface area (Å²) >= 11 is 4.21. The zero-order valence-corrected chi connectivity index (χ0v) is 22.8. The van der Waals surface area contributed by atoms with Crippen molar-refractivity contribution in [3.05, 3.63) is 34.9 Å². The number of thiol groups is 1. The highest BCUT2D eigenvalue weighted by Crippen LogP contribution is 2.25. The molecule has 202 valence electrons. The van der Waals surface area contributed by atoms with E-state index >= 15 is 0 Å². The maximum atomic E-state index is 13.5. The van der Waals surface area contributed by atoms with Crippen LogP contribution in [-0.4, -0.2) is 77.6 Å². The molecular weight excluding hydrogens is 486 g/mol. The lowest BCUT2D eigenvalue weighted by molar-refractivity contribution is -0.144. The number of carbonyl (C=O) groups excluding carboxylic acids is 4. The van der Waals surface area contributed by atoms with Gasteiger partial charge in [0.1, 0.15) is 17.7 Å². The lowest BCUT2D eigenvalue weighted by Gasteiger charge is -2.34. The molecule has 0 radical (unpaired) electrons. The second-order valence-corrected chi connectivity index (χ2v) is 9.59. The number of amides is 3. The van der Waals surface area contributed by atoms with Crippen LogP contribution in [0.15, 0.2) is 18.2 Å². The Bertz CT molecular complexity index is 917. The van der Waals surface area contributed by atoms with E-state index in [4.69, 9.17) is 9.47 Å². The molecule has 0 bridgehead atoms. The maximum Gasteiger partial charge on any atom is 0.408 e. The number of hydrogen-bond donors (Lipinski definition) is 4. The smallest absolute Gasteiger partial charge is 0.408 e. The molecule has 2 atom stereocenters. The summed E-state index contributed by atoms with van der Waals surface area (Å²) in [6.45, 7) is 10.2. The standard InChI is InChI=1S/C25H39N3O7S/c1-7-34-20(30)10-11-26-22(31)21(18-9-8-16(2)17(3)14-18)28(12-13-29)23(32)19(15-36)27-24(33)35-25(4,5)6/h8-9,14,19,21,29,36H,7,10-13,15H2,1-6H3,(H,26,31)(H,27,33). The van der Waals surface area contributed by atoms with Gasteiger partial charge in [-0.25, -0.2) is 4.79 Å². The zero-order valence-electron chi connectivity index (χ0n) is 21.9. The summed E-state index contributed by atoms with van der Waals surface area (Å²) in [5.74, 6) is -1.68. The topological polar surface area (TPSA) is 134 Å². The first-order valence-corrected chi connectivity index (χ1v) is 12.5. The molecule has 1 rings (SSSR count). The molecule has 3 amide bonds. The third-order valence-corrected chi connectivity index (χ3v) is 5.50. The lowest BCUT2D eigenvalue weighted by Crippen LogP contribution is -2.54. The number of aliphatic hydroxyl groups is 1. The Hall–Kier alpha value is -2.79. The molecule has 36 heavy (non-hydrogen) atoms. The molecule has 0 aromatic heterocycles. The van der Waals surface area contributed by atoms with Crippen LogP contribution in [0.5, 0.6) is 0 Å². The van der Waals surface area contributed by atoms with Crippen LogP contribution in [0.3, 0.4) is 0 Å². The molecule has 10 nitrogen and oxygen atoms in total. The maximum absolute atomic E-state index is 13.5. The van der Waals surface area contributed by atoms with E-state index in [1.165, 1.54) is 4.90 Å². The Morgan fingerprint density at radius 1 is 1.14 bits per heavy atom. The van der Waals surface area contributed by atoms with Crippen LogP contribution < -0.4 is 10.6 Å². The van der Waals surface area contributed by atoms with Gasteiger partial charge in [0.2, 0.25) is 11.8 Å². The highest BCUT2D eigenvalue weighted by Gasteiger charge is 2.35. The van der Waals surface area contributed by atoms with Crippen LogP contribution in [0.2, 0.25) is 0 Å². The normalized spacial score (nSPS) is 12.8. The molecule has 0 spiro atoms. The van der Waals surface area contributed by atoms with Crippen molar-refractivity contribution in [3.8, 4) is 0 Å². The molecule has 2 unspecified atom stereocenters. The quantitative estimate of drug-likeness (QED) is 0.242. The molecule has 11 heteroatoms. The van der Waals surface area contributed by atoms with Crippen molar-refractivity contribution < 1.29 is 33.8 Å². The lowest BCUT2D eigenvalue weighted by atomic mass is 9.98. The van der Waals surface area contributed by atoms with Gasteiger partial charge in [0.25, 0.3) is 0 Å². The fourth-order valence-corrected chi connectivity index (χ4v) is 3.58. The Balaban J connectivity index is 3.29. The number of rotatable bonds is 12. The Labute approximate surface area is 218 Å². The Morgan fingerprint density at radius 3 is 2.33 bits per heavy atom. The van der Waals surface area contributed by atoms with Gasteiger partial charge in [-0.2, -0.15) is 12.6 Å². The van der Waals surface area contributed by atoms with Crippen LogP contribution in [0.1, 0.15) is 56.8 Å². The van der Waals surface area contributed by atoms with Gasteiger partial charge < -0.3 is 30.1 Å². The van der Waals surface area contributed by atoms with E-state index in [2.05, 4.69) is 23.3 Å². The summed E-state index contributed by atoms with van der Waals surface area (Å²) in [7, 11) is 0. The number of nitrogens with zero attached hydrogens (tertiary/aromatic N) is 1. The van der Waals surface area contributed by atoms with Crippen LogP contribution >= 0.6 is 12.6 Å². The largest absolute Gasteiger partial charge is 0.466 e. The van der Waals surface area contributed by atoms with E-state index in [0.717, 1.165) is 11.1 Å². The van der Waals surface area contributed by atoms with Crippen molar-refractivity contribution in [2.45, 2.75) is 65.6 Å². The zero-order chi connectivity index (χ0) is 27.5. The van der Waals surface area contributed by atoms with E-state index in [1.807, 2.05) is 19.9 Å². The van der Waals surface area contributed by atoms with E-state index in [1.54, 1.807) is 39.8 Å². The van der Waals surface area contributed by atoms with Gasteiger partial charge in [-0.3, -0.25) is 14.4 Å². The molecule has 0 heterocycles. The van der Waals surface area contributed by atoms with Crippen molar-refractivity contribution in [2.24, 2.45) is 0 Å². The molecule has 0 aliphatic heterocycles. The van der Waals surface area contributed by atoms with Crippen LogP contribution in [0, 0.1) is 13.8 Å². The summed E-state index contributed by atoms with van der Waals surface area (Å²) in [5, 5.41) is 14.9. The first-order valence-electron chi connectivity index (χ1n) is 11.9. The molecule has 3 N–H and O–H groups in total. The van der Waals surface area contributed by atoms with Crippen molar-refractivity contribution in [1.29, 1.82) is 0 Å². The number of carbonyl (C=O) groups is 4. The predicted octanol–water partition coefficient (Wildman–Crippen LogP) is 2.06. The van der Waals surface area contributed by atoms with Gasteiger partial charge in [-0.15, -0.1) is 0 Å². The fourth-order valence-electron chi connectivity index (χ4n) is 3.33. The molecule has 1 aromatic rings. The minimum absolute atomic E-state index is 0.00627. The third kappa shape index (κ3) is 10.1. The summed E-state index contributed by atoms with van der Waals surface area (Å²) in [5.41, 5.74) is 1.65. The Kier molecular flexibility index (Phi) is 12.8. The average Bonchev–Trinajstić information content (AvgIpc) is 2.78. The van der Waals surface area contributed by atoms with Crippen LogP contribution in [0.25, 0.3) is 0 Å². The fraction of sp³-hybridized carbons (Fsp3) is 0.600. The van der Waals surface area contributed by atoms with Gasteiger partial charge in [-0.05, 0) is 58.2 Å². The van der Waals surface area contributed by atoms with Gasteiger partial charge in [0.05, 0.1) is 19.6 Å². The van der Waals surface area contributed by atoms with Gasteiger partial charge >= 0.3 is 12.1 Å². The molecule has 1 aromatic carbocycles. The summed E-state index contributed by atoms with van der Waals surface area (Å²) in [4.78, 5) is 52.1. The molecule has 0 aliphatic carbocycles. The molecule has 0 fully saturated rings. The van der Waals surface area contributed by atoms with E-state index in [-0.39, 0.29) is 31.9 Å². The number of aryl methyl sites for hydroxylation is 2. The van der Waals surface area contributed by atoms with Crippen molar-refractivity contribution in [3.63, 3.8) is 0 Å². The number of hydrogen-bond acceptors (Lipinski definition) is 8. The van der Waals surface area contributed by atoms with E-state index < -0.39 is 48.2 Å². The predicted molar refractivity (Wildman–Crippen MR) is 139 cm³/mol. The second-order valence-electron chi connectivity index (χ2n) is 9.23. The SMILES string of the molecule is CCOC(=O)CCNC(=O)C(c1ccc(C)c(C)c1)N(CCO)C(=O)C(CS)NC(=O)OC(C)(C)C. The minimum Gasteiger partial charge on any atom is -0.466 e. The minimum atomic E-state index is -1.13. The van der Waals surface area contributed by atoms with Gasteiger partial charge in [0.15, 0.2) is 0 Å². The van der Waals surface area contributed by atoms with Gasteiger partial charge in [-0.1, -0.05) is 18.2 Å². The third-order valence-electron chi connectivity index (χ3n) is 5.14. The average molecular weight is 526 g/mol. The second kappa shape index (κ2) is 14.7. The first kappa shape index (κ1) is 31.2. The van der Waals surface area contributed by atoms with Gasteiger partial charge in [0, 0.05) is 18.8 Å². The number of esters is 1. The monoisotopic (exact) mass is 525 g/mol. The van der Waals surface area contributed by atoms with Crippen LogP contribution in [0.4, 0.5) is 4.79 Å². The number of nitrogens with one attached hydrogen (secondary N) is 2. The highest BCUT2D eigenvalue weighted by molar-refractivity contribution is 7.80.